The van der Waals surface area contributed by atoms with Crippen molar-refractivity contribution in [1.29, 1.82) is 0 Å². The molecule has 1 aromatic rings. The summed E-state index contributed by atoms with van der Waals surface area (Å²) in [5.41, 5.74) is 2.91. The maximum absolute atomic E-state index is 5.17. The minimum absolute atomic E-state index is 0.992. The molecule has 0 unspecified atom stereocenters. The fourth-order valence-electron chi connectivity index (χ4n) is 1.76. The van der Waals surface area contributed by atoms with Gasteiger partial charge in [-0.25, -0.2) is 0 Å². The third kappa shape index (κ3) is 1.73. The van der Waals surface area contributed by atoms with E-state index in [0.29, 0.717) is 0 Å². The van der Waals surface area contributed by atoms with E-state index in [4.69, 9.17) is 12.2 Å². The molecule has 0 saturated heterocycles. The van der Waals surface area contributed by atoms with E-state index in [9.17, 15) is 0 Å². The molecule has 1 aliphatic heterocycles. The van der Waals surface area contributed by atoms with Crippen molar-refractivity contribution in [3.63, 3.8) is 0 Å². The Labute approximate surface area is 84.4 Å². The van der Waals surface area contributed by atoms with Crippen LogP contribution in [0.2, 0.25) is 0 Å². The zero-order valence-corrected chi connectivity index (χ0v) is 8.60. The van der Waals surface area contributed by atoms with Crippen LogP contribution in [-0.4, -0.2) is 16.4 Å². The molecule has 0 atom stereocenters. The van der Waals surface area contributed by atoms with Crippen LogP contribution in [0.1, 0.15) is 18.1 Å². The zero-order chi connectivity index (χ0) is 9.26. The van der Waals surface area contributed by atoms with Crippen LogP contribution >= 0.6 is 12.2 Å². The van der Waals surface area contributed by atoms with E-state index in [1.54, 1.807) is 0 Å². The lowest BCUT2D eigenvalue weighted by Crippen LogP contribution is -2.33. The van der Waals surface area contributed by atoms with Crippen molar-refractivity contribution >= 4 is 17.2 Å². The van der Waals surface area contributed by atoms with Crippen molar-refractivity contribution in [2.24, 2.45) is 0 Å². The monoisotopic (exact) mass is 191 g/mol. The predicted octanol–water partition coefficient (Wildman–Crippen LogP) is 2.39. The molecule has 0 N–H and O–H groups in total. The van der Waals surface area contributed by atoms with Gasteiger partial charge in [0.25, 0.3) is 0 Å². The number of hydrogen-bond acceptors (Lipinski definition) is 1. The highest BCUT2D eigenvalue weighted by Crippen LogP contribution is 2.18. The van der Waals surface area contributed by atoms with E-state index in [2.05, 4.69) is 29.2 Å². The van der Waals surface area contributed by atoms with Crippen LogP contribution in [0.15, 0.2) is 24.3 Å². The Morgan fingerprint density at radius 3 is 2.69 bits per heavy atom. The molecule has 0 radical (unpaired) electrons. The minimum Gasteiger partial charge on any atom is -0.362 e. The lowest BCUT2D eigenvalue weighted by molar-refractivity contribution is 0.398. The summed E-state index contributed by atoms with van der Waals surface area (Å²) < 4.78 is 0. The molecule has 2 heteroatoms. The summed E-state index contributed by atoms with van der Waals surface area (Å²) in [6.45, 7) is 4.07. The second-order valence-electron chi connectivity index (χ2n) is 3.46. The fraction of sp³-hybridized carbons (Fsp3) is 0.364. The molecule has 0 fully saturated rings. The summed E-state index contributed by atoms with van der Waals surface area (Å²) >= 11 is 5.17. The normalized spacial score (nSPS) is 15.3. The van der Waals surface area contributed by atoms with Gasteiger partial charge >= 0.3 is 0 Å². The number of rotatable bonds is 0. The van der Waals surface area contributed by atoms with Gasteiger partial charge in [-0.1, -0.05) is 36.5 Å². The SMILES string of the molecule is CC(=S)N1CCc2ccccc2C1. The third-order valence-corrected chi connectivity index (χ3v) is 2.83. The van der Waals surface area contributed by atoms with Crippen LogP contribution in [-0.2, 0) is 13.0 Å². The zero-order valence-electron chi connectivity index (χ0n) is 7.79. The van der Waals surface area contributed by atoms with Crippen molar-refractivity contribution < 1.29 is 0 Å². The van der Waals surface area contributed by atoms with Crippen LogP contribution in [0.4, 0.5) is 0 Å². The Morgan fingerprint density at radius 2 is 2.00 bits per heavy atom. The van der Waals surface area contributed by atoms with Gasteiger partial charge in [0.2, 0.25) is 0 Å². The molecule has 0 bridgehead atoms. The van der Waals surface area contributed by atoms with Gasteiger partial charge in [-0.15, -0.1) is 0 Å². The average molecular weight is 191 g/mol. The van der Waals surface area contributed by atoms with Gasteiger partial charge in [-0.05, 0) is 24.5 Å². The molecule has 1 heterocycles. The van der Waals surface area contributed by atoms with Crippen LogP contribution < -0.4 is 0 Å². The van der Waals surface area contributed by atoms with Crippen LogP contribution in [0.5, 0.6) is 0 Å². The summed E-state index contributed by atoms with van der Waals surface area (Å²) in [6, 6.07) is 8.62. The van der Waals surface area contributed by atoms with E-state index < -0.39 is 0 Å². The molecule has 13 heavy (non-hydrogen) atoms. The number of fused-ring (bicyclic) bond motifs is 1. The molecule has 1 aliphatic rings. The summed E-state index contributed by atoms with van der Waals surface area (Å²) in [7, 11) is 0. The van der Waals surface area contributed by atoms with E-state index >= 15 is 0 Å². The summed E-state index contributed by atoms with van der Waals surface area (Å²) in [4.78, 5) is 3.27. The van der Waals surface area contributed by atoms with Gasteiger partial charge < -0.3 is 4.90 Å². The topological polar surface area (TPSA) is 3.24 Å². The first kappa shape index (κ1) is 8.70. The second-order valence-corrected chi connectivity index (χ2v) is 4.05. The van der Waals surface area contributed by atoms with Crippen molar-refractivity contribution in [2.45, 2.75) is 19.9 Å². The third-order valence-electron chi connectivity index (χ3n) is 2.58. The summed E-state index contributed by atoms with van der Waals surface area (Å²) in [5, 5.41) is 0. The van der Waals surface area contributed by atoms with Gasteiger partial charge in [0, 0.05) is 13.1 Å². The Morgan fingerprint density at radius 1 is 1.31 bits per heavy atom. The highest BCUT2D eigenvalue weighted by atomic mass is 32.1. The molecule has 1 aromatic carbocycles. The Kier molecular flexibility index (Phi) is 2.32. The molecular weight excluding hydrogens is 178 g/mol. The van der Waals surface area contributed by atoms with Gasteiger partial charge in [-0.2, -0.15) is 0 Å². The lowest BCUT2D eigenvalue weighted by atomic mass is 10.0. The highest BCUT2D eigenvalue weighted by Gasteiger charge is 2.14. The average Bonchev–Trinajstić information content (AvgIpc) is 2.17. The van der Waals surface area contributed by atoms with Crippen LogP contribution in [0.3, 0.4) is 0 Å². The molecule has 0 saturated carbocycles. The van der Waals surface area contributed by atoms with E-state index in [1.807, 2.05) is 6.92 Å². The van der Waals surface area contributed by atoms with Crippen molar-refractivity contribution in [2.75, 3.05) is 6.54 Å². The van der Waals surface area contributed by atoms with Gasteiger partial charge in [0.15, 0.2) is 0 Å². The standard InChI is InChI=1S/C11H13NS/c1-9(13)12-7-6-10-4-2-3-5-11(10)8-12/h2-5H,6-8H2,1H3. The van der Waals surface area contributed by atoms with Crippen LogP contribution in [0.25, 0.3) is 0 Å². The number of nitrogens with zero attached hydrogens (tertiary/aromatic N) is 1. The summed E-state index contributed by atoms with van der Waals surface area (Å²) in [5.74, 6) is 0. The Hall–Kier alpha value is -0.890. The van der Waals surface area contributed by atoms with E-state index in [0.717, 1.165) is 24.5 Å². The number of benzene rings is 1. The maximum Gasteiger partial charge on any atom is 0.0750 e. The van der Waals surface area contributed by atoms with Crippen molar-refractivity contribution in [3.8, 4) is 0 Å². The number of thiocarbonyl (C=S) groups is 1. The first-order valence-corrected chi connectivity index (χ1v) is 5.00. The second kappa shape index (κ2) is 3.46. The highest BCUT2D eigenvalue weighted by molar-refractivity contribution is 7.80. The smallest absolute Gasteiger partial charge is 0.0750 e. The molecule has 0 aliphatic carbocycles. The molecule has 0 amide bonds. The molecular formula is C11H13NS. The summed E-state index contributed by atoms with van der Waals surface area (Å²) in [6.07, 6.45) is 1.13. The lowest BCUT2D eigenvalue weighted by Gasteiger charge is -2.29. The molecule has 1 nitrogen and oxygen atoms in total. The van der Waals surface area contributed by atoms with Gasteiger partial charge in [0.1, 0.15) is 0 Å². The van der Waals surface area contributed by atoms with Gasteiger partial charge in [0.05, 0.1) is 4.99 Å². The minimum atomic E-state index is 0.992. The maximum atomic E-state index is 5.17. The number of hydrogen-bond donors (Lipinski definition) is 0. The van der Waals surface area contributed by atoms with Crippen molar-refractivity contribution in [1.82, 2.24) is 4.90 Å². The quantitative estimate of drug-likeness (QED) is 0.579. The van der Waals surface area contributed by atoms with Gasteiger partial charge in [-0.3, -0.25) is 0 Å². The fourth-order valence-corrected chi connectivity index (χ4v) is 1.92. The van der Waals surface area contributed by atoms with E-state index in [1.165, 1.54) is 11.1 Å². The Bertz CT molecular complexity index is 333. The van der Waals surface area contributed by atoms with E-state index in [-0.39, 0.29) is 0 Å². The molecule has 0 spiro atoms. The Balaban J connectivity index is 2.24. The largest absolute Gasteiger partial charge is 0.362 e. The van der Waals surface area contributed by atoms with Crippen molar-refractivity contribution in [3.05, 3.63) is 35.4 Å². The first-order chi connectivity index (χ1) is 6.27. The predicted molar refractivity (Wildman–Crippen MR) is 58.8 cm³/mol. The molecule has 2 rings (SSSR count). The molecule has 0 aromatic heterocycles. The van der Waals surface area contributed by atoms with Crippen LogP contribution in [0, 0.1) is 0 Å². The molecule has 68 valence electrons. The first-order valence-electron chi connectivity index (χ1n) is 4.59.